The van der Waals surface area contributed by atoms with E-state index in [1.807, 2.05) is 0 Å². The van der Waals surface area contributed by atoms with Crippen molar-refractivity contribution in [1.82, 2.24) is 9.80 Å². The van der Waals surface area contributed by atoms with E-state index < -0.39 is 17.1 Å². The minimum Gasteiger partial charge on any atom is -0.393 e. The number of carbonyl (C=O) groups excluding carboxylic acids is 2. The molecule has 7 rings (SSSR count). The fraction of sp³-hybridized carbons (Fsp3) is 0.818. The summed E-state index contributed by atoms with van der Waals surface area (Å²) in [4.78, 5) is 31.6. The number of rotatable bonds is 4. The number of nitrogens with zero attached hydrogens (tertiary/aromatic N) is 2. The van der Waals surface area contributed by atoms with Crippen LogP contribution in [-0.4, -0.2) is 90.3 Å². The summed E-state index contributed by atoms with van der Waals surface area (Å²) < 4.78 is 13.9. The molecule has 9 atom stereocenters. The van der Waals surface area contributed by atoms with Crippen LogP contribution in [0.25, 0.3) is 0 Å². The monoisotopic (exact) mass is 552 g/mol. The Hall–Kier alpha value is -1.38. The Kier molecular flexibility index (Phi) is 6.75. The van der Waals surface area contributed by atoms with Gasteiger partial charge in [0.25, 0.3) is 0 Å². The van der Waals surface area contributed by atoms with Crippen LogP contribution in [0.5, 0.6) is 0 Å². The molecule has 0 spiro atoms. The Labute approximate surface area is 239 Å². The number of likely N-dealkylation sites (N-methyl/N-ethyl adjacent to an activating group) is 1. The van der Waals surface area contributed by atoms with Gasteiger partial charge in [-0.2, -0.15) is 0 Å². The third-order valence-corrected chi connectivity index (χ3v) is 12.6. The number of Topliss-reactive ketones (excluding diaryl/α,β-unsaturated/α-hetero) is 1. The third kappa shape index (κ3) is 3.94. The molecule has 2 aliphatic heterocycles. The van der Waals surface area contributed by atoms with Gasteiger partial charge >= 0.3 is 0 Å². The summed E-state index contributed by atoms with van der Waals surface area (Å²) in [5.41, 5.74) is -0.675. The predicted octanol–water partition coefficient (Wildman–Crippen LogP) is 3.75. The zero-order chi connectivity index (χ0) is 27.9. The van der Waals surface area contributed by atoms with Gasteiger partial charge in [-0.1, -0.05) is 50.8 Å². The second-order valence-corrected chi connectivity index (χ2v) is 14.7. The van der Waals surface area contributed by atoms with Gasteiger partial charge in [-0.3, -0.25) is 14.5 Å². The van der Waals surface area contributed by atoms with Crippen molar-refractivity contribution < 1.29 is 24.2 Å². The number of ether oxygens (including phenoxy) is 2. The maximum atomic E-state index is 14.7. The van der Waals surface area contributed by atoms with Crippen molar-refractivity contribution in [2.45, 2.75) is 95.7 Å². The van der Waals surface area contributed by atoms with Crippen LogP contribution in [-0.2, 0) is 19.1 Å². The first-order valence-electron chi connectivity index (χ1n) is 16.0. The van der Waals surface area contributed by atoms with E-state index in [1.165, 1.54) is 19.3 Å². The summed E-state index contributed by atoms with van der Waals surface area (Å²) in [7, 11) is 2.14. The van der Waals surface area contributed by atoms with Crippen LogP contribution in [0.15, 0.2) is 23.8 Å². The summed E-state index contributed by atoms with van der Waals surface area (Å²) in [6.07, 6.45) is 13.4. The number of aliphatic hydroxyl groups is 1. The van der Waals surface area contributed by atoms with Crippen LogP contribution in [0.1, 0.15) is 71.6 Å². The van der Waals surface area contributed by atoms with Gasteiger partial charge in [0.15, 0.2) is 23.5 Å². The second-order valence-electron chi connectivity index (χ2n) is 14.7. The maximum absolute atomic E-state index is 14.7. The van der Waals surface area contributed by atoms with Crippen molar-refractivity contribution in [2.24, 2.45) is 34.5 Å². The van der Waals surface area contributed by atoms with Gasteiger partial charge in [-0.25, -0.2) is 0 Å². The molecular formula is C33H48N2O5. The van der Waals surface area contributed by atoms with Crippen molar-refractivity contribution in [1.29, 1.82) is 0 Å². The summed E-state index contributed by atoms with van der Waals surface area (Å²) in [6.45, 7) is 8.56. The zero-order valence-electron chi connectivity index (χ0n) is 24.6. The van der Waals surface area contributed by atoms with Crippen LogP contribution in [0.3, 0.4) is 0 Å². The lowest BCUT2D eigenvalue weighted by molar-refractivity contribution is -0.207. The highest BCUT2D eigenvalue weighted by Gasteiger charge is 2.76. The minimum absolute atomic E-state index is 0.0349. The molecule has 0 amide bonds. The zero-order valence-corrected chi connectivity index (χ0v) is 24.6. The number of hydrogen-bond donors (Lipinski definition) is 1. The fourth-order valence-electron chi connectivity index (χ4n) is 10.4. The van der Waals surface area contributed by atoms with Gasteiger partial charge in [0.2, 0.25) is 0 Å². The Balaban J connectivity index is 1.23. The molecule has 0 aromatic heterocycles. The van der Waals surface area contributed by atoms with Gasteiger partial charge in [-0.15, -0.1) is 0 Å². The van der Waals surface area contributed by atoms with Crippen molar-refractivity contribution >= 4 is 11.6 Å². The maximum Gasteiger partial charge on any atom is 0.181 e. The molecule has 2 saturated heterocycles. The molecule has 7 heteroatoms. The molecule has 7 nitrogen and oxygen atoms in total. The van der Waals surface area contributed by atoms with Crippen molar-refractivity contribution in [3.05, 3.63) is 23.8 Å². The molecule has 220 valence electrons. The van der Waals surface area contributed by atoms with Gasteiger partial charge < -0.3 is 19.5 Å². The number of ketones is 2. The standard InChI is InChI=1S/C33H48N2O5/c1-31-12-11-23(36)17-22(31)9-10-24-25-18-28-33(32(25,2)19-26(37)29(24)31,27(38)20-35-15-13-34(3)14-16-35)40-30(39-28)21-7-5-4-6-8-21/h9,11-12,21,24-26,28-30,37H,4-8,10,13-20H2,1-3H3/t24-,25-,26-,28+,29+,30+,31-,32-,33+/m0/s1. The van der Waals surface area contributed by atoms with E-state index in [4.69, 9.17) is 9.47 Å². The lowest BCUT2D eigenvalue weighted by atomic mass is 9.47. The highest BCUT2D eigenvalue weighted by Crippen LogP contribution is 2.69. The van der Waals surface area contributed by atoms with Crippen molar-refractivity contribution in [3.8, 4) is 0 Å². The molecule has 3 saturated carbocycles. The quantitative estimate of drug-likeness (QED) is 0.532. The molecule has 0 radical (unpaired) electrons. The normalized spacial score (nSPS) is 47.8. The molecule has 0 aromatic carbocycles. The minimum atomic E-state index is -1.02. The fourth-order valence-corrected chi connectivity index (χ4v) is 10.4. The largest absolute Gasteiger partial charge is 0.393 e. The van der Waals surface area contributed by atoms with Gasteiger partial charge in [0, 0.05) is 55.3 Å². The molecule has 0 aromatic rings. The summed E-state index contributed by atoms with van der Waals surface area (Å²) in [6, 6.07) is 0. The van der Waals surface area contributed by atoms with Gasteiger partial charge in [0.1, 0.15) is 0 Å². The smallest absolute Gasteiger partial charge is 0.181 e. The molecule has 1 N–H and O–H groups in total. The van der Waals surface area contributed by atoms with Crippen molar-refractivity contribution in [2.75, 3.05) is 39.8 Å². The Morgan fingerprint density at radius 3 is 2.62 bits per heavy atom. The molecule has 7 aliphatic rings. The molecule has 0 bridgehead atoms. The average Bonchev–Trinajstić information content (AvgIpc) is 3.44. The van der Waals surface area contributed by atoms with E-state index >= 15 is 0 Å². The third-order valence-electron chi connectivity index (χ3n) is 12.6. The number of aliphatic hydroxyl groups excluding tert-OH is 1. The van der Waals surface area contributed by atoms with Crippen LogP contribution >= 0.6 is 0 Å². The number of hydrogen-bond acceptors (Lipinski definition) is 7. The van der Waals surface area contributed by atoms with Gasteiger partial charge in [0.05, 0.1) is 18.8 Å². The molecule has 0 unspecified atom stereocenters. The van der Waals surface area contributed by atoms with Crippen LogP contribution in [0, 0.1) is 34.5 Å². The molecule has 2 heterocycles. The highest BCUT2D eigenvalue weighted by atomic mass is 16.7. The van der Waals surface area contributed by atoms with E-state index in [9.17, 15) is 14.7 Å². The molecular weight excluding hydrogens is 504 g/mol. The number of piperazine rings is 1. The SMILES string of the molecule is CN1CCN(CC(=O)[C@@]23O[C@H](C4CCCCC4)O[C@@H]2C[C@H]2[C@@H]4CC=C5CC(=O)C=C[C@]5(C)[C@H]4[C@@H](O)C[C@@]23C)CC1. The van der Waals surface area contributed by atoms with E-state index in [0.717, 1.165) is 57.4 Å². The number of carbonyl (C=O) groups is 2. The van der Waals surface area contributed by atoms with E-state index in [1.54, 1.807) is 6.08 Å². The first-order valence-corrected chi connectivity index (χ1v) is 16.0. The van der Waals surface area contributed by atoms with Gasteiger partial charge in [-0.05, 0) is 57.1 Å². The average molecular weight is 553 g/mol. The van der Waals surface area contributed by atoms with E-state index in [-0.39, 0.29) is 47.1 Å². The topological polar surface area (TPSA) is 79.3 Å². The first-order chi connectivity index (χ1) is 19.2. The first kappa shape index (κ1) is 27.5. The van der Waals surface area contributed by atoms with E-state index in [2.05, 4.69) is 42.8 Å². The Morgan fingerprint density at radius 2 is 1.88 bits per heavy atom. The summed E-state index contributed by atoms with van der Waals surface area (Å²) >= 11 is 0. The van der Waals surface area contributed by atoms with Crippen LogP contribution in [0.2, 0.25) is 0 Å². The highest BCUT2D eigenvalue weighted by molar-refractivity contribution is 5.93. The summed E-state index contributed by atoms with van der Waals surface area (Å²) in [5, 5.41) is 12.0. The van der Waals surface area contributed by atoms with E-state index in [0.29, 0.717) is 25.3 Å². The Morgan fingerprint density at radius 1 is 1.12 bits per heavy atom. The lowest BCUT2D eigenvalue weighted by Gasteiger charge is -2.59. The molecule has 40 heavy (non-hydrogen) atoms. The van der Waals surface area contributed by atoms with Crippen LogP contribution < -0.4 is 0 Å². The predicted molar refractivity (Wildman–Crippen MR) is 151 cm³/mol. The second kappa shape index (κ2) is 9.84. The summed E-state index contributed by atoms with van der Waals surface area (Å²) in [5.74, 6) is 1.14. The number of allylic oxidation sites excluding steroid dienone is 4. The lowest BCUT2D eigenvalue weighted by Crippen LogP contribution is -2.64. The van der Waals surface area contributed by atoms with Crippen molar-refractivity contribution in [3.63, 3.8) is 0 Å². The number of fused-ring (bicyclic) bond motifs is 7. The Bertz CT molecular complexity index is 1110. The molecule has 5 aliphatic carbocycles. The molecule has 5 fully saturated rings. The van der Waals surface area contributed by atoms with Crippen LogP contribution in [0.4, 0.5) is 0 Å².